The van der Waals surface area contributed by atoms with E-state index in [2.05, 4.69) is 67.2 Å². The number of nitrogens with zero attached hydrogens (tertiary/aromatic N) is 2. The summed E-state index contributed by atoms with van der Waals surface area (Å²) in [6.45, 7) is 8.47. The lowest BCUT2D eigenvalue weighted by atomic mass is 10.0. The van der Waals surface area contributed by atoms with Gasteiger partial charge in [0.05, 0.1) is 0 Å². The summed E-state index contributed by atoms with van der Waals surface area (Å²) in [4.78, 5) is 8.72. The van der Waals surface area contributed by atoms with Gasteiger partial charge in [0.25, 0.3) is 0 Å². The zero-order valence-electron chi connectivity index (χ0n) is 12.5. The number of aromatic nitrogens is 2. The van der Waals surface area contributed by atoms with Gasteiger partial charge in [-0.25, -0.2) is 9.97 Å². The second-order valence-corrected chi connectivity index (χ2v) is 5.59. The van der Waals surface area contributed by atoms with Gasteiger partial charge in [-0.3, -0.25) is 0 Å². The first kappa shape index (κ1) is 14.3. The first-order chi connectivity index (χ1) is 9.45. The Bertz CT molecular complexity index is 574. The minimum Gasteiger partial charge on any atom is -0.384 e. The van der Waals surface area contributed by atoms with Crippen molar-refractivity contribution in [3.8, 4) is 0 Å². The van der Waals surface area contributed by atoms with Crippen LogP contribution < -0.4 is 11.1 Å². The molecular weight excluding hydrogens is 248 g/mol. The minimum absolute atomic E-state index is 0.252. The average Bonchev–Trinajstić information content (AvgIpc) is 2.38. The minimum atomic E-state index is 0.252. The van der Waals surface area contributed by atoms with Crippen molar-refractivity contribution >= 4 is 17.3 Å². The number of anilines is 3. The first-order valence-corrected chi connectivity index (χ1v) is 6.97. The maximum Gasteiger partial charge on any atom is 0.136 e. The van der Waals surface area contributed by atoms with Crippen molar-refractivity contribution in [2.75, 3.05) is 11.1 Å². The topological polar surface area (TPSA) is 63.8 Å². The summed E-state index contributed by atoms with van der Waals surface area (Å²) in [6, 6.07) is 10.1. The van der Waals surface area contributed by atoms with Crippen LogP contribution in [0.2, 0.25) is 0 Å². The van der Waals surface area contributed by atoms with Gasteiger partial charge < -0.3 is 11.1 Å². The molecule has 0 aliphatic rings. The van der Waals surface area contributed by atoms with E-state index >= 15 is 0 Å². The third-order valence-electron chi connectivity index (χ3n) is 3.13. The second-order valence-electron chi connectivity index (χ2n) is 5.59. The fraction of sp³-hybridized carbons (Fsp3) is 0.375. The Morgan fingerprint density at radius 1 is 0.950 bits per heavy atom. The second kappa shape index (κ2) is 5.90. The van der Waals surface area contributed by atoms with Crippen LogP contribution in [-0.2, 0) is 0 Å². The van der Waals surface area contributed by atoms with E-state index in [4.69, 9.17) is 5.73 Å². The molecule has 2 aromatic rings. The Labute approximate surface area is 120 Å². The number of rotatable bonds is 4. The molecule has 0 spiro atoms. The molecule has 0 amide bonds. The molecule has 0 fully saturated rings. The molecule has 2 rings (SSSR count). The van der Waals surface area contributed by atoms with Gasteiger partial charge in [0, 0.05) is 17.7 Å². The lowest BCUT2D eigenvalue weighted by molar-refractivity contribution is 0.779. The van der Waals surface area contributed by atoms with Crippen LogP contribution in [0.15, 0.2) is 30.3 Å². The third kappa shape index (κ3) is 3.47. The van der Waals surface area contributed by atoms with E-state index in [1.54, 1.807) is 6.07 Å². The molecule has 20 heavy (non-hydrogen) atoms. The van der Waals surface area contributed by atoms with E-state index in [0.717, 1.165) is 17.3 Å². The average molecular weight is 270 g/mol. The summed E-state index contributed by atoms with van der Waals surface area (Å²) < 4.78 is 0. The van der Waals surface area contributed by atoms with Crippen molar-refractivity contribution in [2.45, 2.75) is 39.5 Å². The monoisotopic (exact) mass is 270 g/mol. The molecule has 0 atom stereocenters. The van der Waals surface area contributed by atoms with Gasteiger partial charge in [-0.05, 0) is 23.6 Å². The van der Waals surface area contributed by atoms with Crippen molar-refractivity contribution in [3.63, 3.8) is 0 Å². The van der Waals surface area contributed by atoms with Gasteiger partial charge in [-0.15, -0.1) is 0 Å². The van der Waals surface area contributed by atoms with Gasteiger partial charge >= 0.3 is 0 Å². The highest BCUT2D eigenvalue weighted by Crippen LogP contribution is 2.21. The van der Waals surface area contributed by atoms with Crippen LogP contribution >= 0.6 is 0 Å². The van der Waals surface area contributed by atoms with Crippen molar-refractivity contribution in [1.29, 1.82) is 0 Å². The van der Waals surface area contributed by atoms with Crippen molar-refractivity contribution in [3.05, 3.63) is 41.7 Å². The molecule has 4 heteroatoms. The molecule has 0 aliphatic heterocycles. The van der Waals surface area contributed by atoms with E-state index in [1.807, 2.05) is 0 Å². The van der Waals surface area contributed by atoms with Gasteiger partial charge in [0.15, 0.2) is 0 Å². The Balaban J connectivity index is 2.21. The van der Waals surface area contributed by atoms with Crippen LogP contribution in [0.3, 0.4) is 0 Å². The third-order valence-corrected chi connectivity index (χ3v) is 3.13. The SMILES string of the molecule is CC(C)c1ccc(Nc2cc(N)nc(C(C)C)n2)cc1. The van der Waals surface area contributed by atoms with E-state index < -0.39 is 0 Å². The van der Waals surface area contributed by atoms with E-state index in [1.165, 1.54) is 5.56 Å². The lowest BCUT2D eigenvalue weighted by Crippen LogP contribution is -2.04. The molecule has 0 bridgehead atoms. The predicted molar refractivity (Wildman–Crippen MR) is 84.3 cm³/mol. The molecule has 3 N–H and O–H groups in total. The number of benzene rings is 1. The zero-order chi connectivity index (χ0) is 14.7. The molecule has 4 nitrogen and oxygen atoms in total. The fourth-order valence-electron chi connectivity index (χ4n) is 1.91. The molecule has 0 aliphatic carbocycles. The molecule has 1 aromatic carbocycles. The maximum absolute atomic E-state index is 5.82. The van der Waals surface area contributed by atoms with Crippen molar-refractivity contribution in [2.24, 2.45) is 0 Å². The molecular formula is C16H22N4. The maximum atomic E-state index is 5.82. The Kier molecular flexibility index (Phi) is 4.23. The number of hydrogen-bond acceptors (Lipinski definition) is 4. The van der Waals surface area contributed by atoms with Gasteiger partial charge in [0.2, 0.25) is 0 Å². The van der Waals surface area contributed by atoms with Crippen molar-refractivity contribution < 1.29 is 0 Å². The standard InChI is InChI=1S/C16H22N4/c1-10(2)12-5-7-13(8-6-12)18-15-9-14(17)19-16(20-15)11(3)4/h5-11H,1-4H3,(H3,17,18,19,20). The number of hydrogen-bond donors (Lipinski definition) is 2. The number of nitrogens with two attached hydrogens (primary N) is 1. The van der Waals surface area contributed by atoms with Gasteiger partial charge in [-0.1, -0.05) is 39.8 Å². The summed E-state index contributed by atoms with van der Waals surface area (Å²) >= 11 is 0. The molecule has 1 heterocycles. The summed E-state index contributed by atoms with van der Waals surface area (Å²) in [5.41, 5.74) is 8.15. The van der Waals surface area contributed by atoms with Crippen LogP contribution in [0.5, 0.6) is 0 Å². The summed E-state index contributed by atoms with van der Waals surface area (Å²) in [5, 5.41) is 3.28. The van der Waals surface area contributed by atoms with Gasteiger partial charge in [-0.2, -0.15) is 0 Å². The largest absolute Gasteiger partial charge is 0.384 e. The van der Waals surface area contributed by atoms with E-state index in [-0.39, 0.29) is 5.92 Å². The van der Waals surface area contributed by atoms with Crippen LogP contribution in [0.4, 0.5) is 17.3 Å². The predicted octanol–water partition coefficient (Wildman–Crippen LogP) is 4.05. The highest BCUT2D eigenvalue weighted by atomic mass is 15.1. The Morgan fingerprint density at radius 3 is 2.15 bits per heavy atom. The molecule has 0 unspecified atom stereocenters. The number of nitrogens with one attached hydrogen (secondary N) is 1. The molecule has 106 valence electrons. The van der Waals surface area contributed by atoms with Crippen molar-refractivity contribution in [1.82, 2.24) is 9.97 Å². The van der Waals surface area contributed by atoms with Crippen LogP contribution in [-0.4, -0.2) is 9.97 Å². The summed E-state index contributed by atoms with van der Waals surface area (Å²) in [6.07, 6.45) is 0. The molecule has 0 radical (unpaired) electrons. The Morgan fingerprint density at radius 2 is 1.60 bits per heavy atom. The lowest BCUT2D eigenvalue weighted by Gasteiger charge is -2.11. The highest BCUT2D eigenvalue weighted by Gasteiger charge is 2.07. The molecule has 0 saturated carbocycles. The smallest absolute Gasteiger partial charge is 0.136 e. The molecule has 1 aromatic heterocycles. The first-order valence-electron chi connectivity index (χ1n) is 6.97. The normalized spacial score (nSPS) is 11.1. The van der Waals surface area contributed by atoms with Crippen LogP contribution in [0.1, 0.15) is 50.9 Å². The highest BCUT2D eigenvalue weighted by molar-refractivity contribution is 5.59. The quantitative estimate of drug-likeness (QED) is 0.879. The molecule has 0 saturated heterocycles. The fourth-order valence-corrected chi connectivity index (χ4v) is 1.91. The zero-order valence-corrected chi connectivity index (χ0v) is 12.5. The van der Waals surface area contributed by atoms with E-state index in [0.29, 0.717) is 11.7 Å². The van der Waals surface area contributed by atoms with Gasteiger partial charge in [0.1, 0.15) is 17.5 Å². The summed E-state index contributed by atoms with van der Waals surface area (Å²) in [5.74, 6) is 2.77. The van der Waals surface area contributed by atoms with Crippen LogP contribution in [0, 0.1) is 0 Å². The van der Waals surface area contributed by atoms with E-state index in [9.17, 15) is 0 Å². The number of nitrogen functional groups attached to an aromatic ring is 1. The summed E-state index contributed by atoms with van der Waals surface area (Å²) in [7, 11) is 0. The van der Waals surface area contributed by atoms with Crippen LogP contribution in [0.25, 0.3) is 0 Å². The Hall–Kier alpha value is -2.10.